The average Bonchev–Trinajstić information content (AvgIpc) is 1.85. The van der Waals surface area contributed by atoms with Gasteiger partial charge in [0.25, 0.3) is 0 Å². The molecule has 1 unspecified atom stereocenters. The summed E-state index contributed by atoms with van der Waals surface area (Å²) in [5, 5.41) is 8.25. The van der Waals surface area contributed by atoms with Gasteiger partial charge in [-0.3, -0.25) is 4.79 Å². The molecule has 3 N–H and O–H groups in total. The summed E-state index contributed by atoms with van der Waals surface area (Å²) in [7, 11) is 0. The maximum atomic E-state index is 10.0. The van der Waals surface area contributed by atoms with Crippen LogP contribution in [0.4, 0.5) is 0 Å². The maximum Gasteiger partial charge on any atom is 0.303 e. The van der Waals surface area contributed by atoms with Crippen molar-refractivity contribution >= 4 is 17.7 Å². The van der Waals surface area contributed by atoms with E-state index in [0.717, 1.165) is 5.75 Å². The van der Waals surface area contributed by atoms with Crippen LogP contribution in [0.1, 0.15) is 19.8 Å². The van der Waals surface area contributed by atoms with E-state index >= 15 is 0 Å². The zero-order valence-corrected chi connectivity index (χ0v) is 6.86. The molecule has 0 heterocycles. The van der Waals surface area contributed by atoms with Crippen molar-refractivity contribution in [3.63, 3.8) is 0 Å². The molecule has 0 radical (unpaired) electrons. The summed E-state index contributed by atoms with van der Waals surface area (Å²) >= 11 is 1.59. The minimum absolute atomic E-state index is 0.0129. The summed E-state index contributed by atoms with van der Waals surface area (Å²) in [6.07, 6.45) is 0.738. The summed E-state index contributed by atoms with van der Waals surface area (Å²) in [6, 6.07) is 0. The van der Waals surface area contributed by atoms with Gasteiger partial charge in [-0.25, -0.2) is 0 Å². The normalized spacial score (nSPS) is 13.0. The van der Waals surface area contributed by atoms with Crippen LogP contribution in [0.5, 0.6) is 0 Å². The highest BCUT2D eigenvalue weighted by Crippen LogP contribution is 2.09. The van der Waals surface area contributed by atoms with Crippen LogP contribution in [0.25, 0.3) is 0 Å². The van der Waals surface area contributed by atoms with E-state index in [9.17, 15) is 4.79 Å². The van der Waals surface area contributed by atoms with Crippen molar-refractivity contribution < 1.29 is 9.90 Å². The SMILES string of the molecule is CCSC(N)CCC(=O)O. The van der Waals surface area contributed by atoms with E-state index in [1.54, 1.807) is 11.8 Å². The fourth-order valence-corrected chi connectivity index (χ4v) is 1.28. The topological polar surface area (TPSA) is 63.3 Å². The Morgan fingerprint density at radius 1 is 1.80 bits per heavy atom. The van der Waals surface area contributed by atoms with Crippen LogP contribution in [-0.2, 0) is 4.79 Å². The summed E-state index contributed by atoms with van der Waals surface area (Å²) in [4.78, 5) is 10.0. The van der Waals surface area contributed by atoms with Crippen LogP contribution in [0, 0.1) is 0 Å². The third-order valence-corrected chi connectivity index (χ3v) is 2.02. The summed E-state index contributed by atoms with van der Waals surface area (Å²) < 4.78 is 0. The molecule has 0 aliphatic carbocycles. The van der Waals surface area contributed by atoms with Gasteiger partial charge < -0.3 is 10.8 Å². The number of carbonyl (C=O) groups is 1. The molecular weight excluding hydrogens is 150 g/mol. The van der Waals surface area contributed by atoms with Crippen molar-refractivity contribution in [3.05, 3.63) is 0 Å². The van der Waals surface area contributed by atoms with Gasteiger partial charge in [0.15, 0.2) is 0 Å². The number of hydrogen-bond donors (Lipinski definition) is 2. The van der Waals surface area contributed by atoms with Crippen molar-refractivity contribution in [2.24, 2.45) is 5.73 Å². The van der Waals surface area contributed by atoms with Gasteiger partial charge in [-0.15, -0.1) is 11.8 Å². The van der Waals surface area contributed by atoms with Gasteiger partial charge in [0.2, 0.25) is 0 Å². The van der Waals surface area contributed by atoms with E-state index in [4.69, 9.17) is 10.8 Å². The molecule has 0 aromatic carbocycles. The van der Waals surface area contributed by atoms with Crippen molar-refractivity contribution in [1.82, 2.24) is 0 Å². The van der Waals surface area contributed by atoms with Crippen LogP contribution in [0.15, 0.2) is 0 Å². The lowest BCUT2D eigenvalue weighted by molar-refractivity contribution is -0.137. The van der Waals surface area contributed by atoms with Crippen LogP contribution in [0.2, 0.25) is 0 Å². The van der Waals surface area contributed by atoms with Gasteiger partial charge in [0.1, 0.15) is 0 Å². The highest BCUT2D eigenvalue weighted by Gasteiger charge is 2.03. The van der Waals surface area contributed by atoms with Crippen molar-refractivity contribution in [2.45, 2.75) is 25.1 Å². The minimum Gasteiger partial charge on any atom is -0.481 e. The second-order valence-electron chi connectivity index (χ2n) is 1.93. The molecule has 0 fully saturated rings. The molecule has 0 bridgehead atoms. The largest absolute Gasteiger partial charge is 0.481 e. The first-order chi connectivity index (χ1) is 4.66. The van der Waals surface area contributed by atoms with Crippen LogP contribution in [0.3, 0.4) is 0 Å². The lowest BCUT2D eigenvalue weighted by atomic mass is 10.3. The van der Waals surface area contributed by atoms with Gasteiger partial charge in [-0.1, -0.05) is 6.92 Å². The van der Waals surface area contributed by atoms with Gasteiger partial charge in [0, 0.05) is 6.42 Å². The van der Waals surface area contributed by atoms with Gasteiger partial charge in [-0.05, 0) is 12.2 Å². The molecule has 0 spiro atoms. The number of hydrogen-bond acceptors (Lipinski definition) is 3. The molecule has 0 aromatic heterocycles. The Morgan fingerprint density at radius 3 is 2.80 bits per heavy atom. The van der Waals surface area contributed by atoms with Gasteiger partial charge >= 0.3 is 5.97 Å². The van der Waals surface area contributed by atoms with E-state index in [-0.39, 0.29) is 11.8 Å². The highest BCUT2D eigenvalue weighted by molar-refractivity contribution is 7.99. The summed E-state index contributed by atoms with van der Waals surface area (Å²) in [6.45, 7) is 2.01. The Labute approximate surface area is 65.0 Å². The molecule has 0 saturated heterocycles. The molecule has 1 atom stereocenters. The molecule has 0 aliphatic rings. The molecule has 0 amide bonds. The molecule has 0 aromatic rings. The first-order valence-electron chi connectivity index (χ1n) is 3.25. The van der Waals surface area contributed by atoms with E-state index in [1.807, 2.05) is 6.92 Å². The second kappa shape index (κ2) is 5.56. The number of carboxylic acids is 1. The number of nitrogens with two attached hydrogens (primary N) is 1. The molecule has 60 valence electrons. The number of carboxylic acid groups (broad SMARTS) is 1. The Bertz CT molecular complexity index is 108. The smallest absolute Gasteiger partial charge is 0.303 e. The van der Waals surface area contributed by atoms with E-state index in [2.05, 4.69) is 0 Å². The molecular formula is C6H13NO2S. The zero-order chi connectivity index (χ0) is 7.98. The molecule has 0 saturated carbocycles. The number of thioether (sulfide) groups is 1. The number of rotatable bonds is 5. The maximum absolute atomic E-state index is 10.0. The Morgan fingerprint density at radius 2 is 2.40 bits per heavy atom. The third kappa shape index (κ3) is 5.91. The lowest BCUT2D eigenvalue weighted by Gasteiger charge is -2.06. The van der Waals surface area contributed by atoms with E-state index in [0.29, 0.717) is 6.42 Å². The molecule has 0 rings (SSSR count). The quantitative estimate of drug-likeness (QED) is 0.591. The van der Waals surface area contributed by atoms with Crippen molar-refractivity contribution in [3.8, 4) is 0 Å². The predicted molar refractivity (Wildman–Crippen MR) is 43.0 cm³/mol. The van der Waals surface area contributed by atoms with Crippen molar-refractivity contribution in [1.29, 1.82) is 0 Å². The monoisotopic (exact) mass is 163 g/mol. The second-order valence-corrected chi connectivity index (χ2v) is 3.44. The average molecular weight is 163 g/mol. The Hall–Kier alpha value is -0.220. The molecule has 0 aliphatic heterocycles. The predicted octanol–water partition coefficient (Wildman–Crippen LogP) is 0.889. The highest BCUT2D eigenvalue weighted by atomic mass is 32.2. The first-order valence-corrected chi connectivity index (χ1v) is 4.30. The Balaban J connectivity index is 3.21. The molecule has 10 heavy (non-hydrogen) atoms. The van der Waals surface area contributed by atoms with Gasteiger partial charge in [-0.2, -0.15) is 0 Å². The first kappa shape index (κ1) is 9.78. The minimum atomic E-state index is -0.771. The summed E-state index contributed by atoms with van der Waals surface area (Å²) in [5.41, 5.74) is 5.53. The molecule has 3 nitrogen and oxygen atoms in total. The van der Waals surface area contributed by atoms with Crippen LogP contribution in [-0.4, -0.2) is 22.2 Å². The zero-order valence-electron chi connectivity index (χ0n) is 6.04. The fourth-order valence-electron chi connectivity index (χ4n) is 0.563. The third-order valence-electron chi connectivity index (χ3n) is 1.02. The van der Waals surface area contributed by atoms with Crippen molar-refractivity contribution in [2.75, 3.05) is 5.75 Å². The van der Waals surface area contributed by atoms with Crippen LogP contribution < -0.4 is 5.73 Å². The molecule has 4 heteroatoms. The van der Waals surface area contributed by atoms with Crippen LogP contribution >= 0.6 is 11.8 Å². The standard InChI is InChI=1S/C6H13NO2S/c1-2-10-5(7)3-4-6(8)9/h5H,2-4,7H2,1H3,(H,8,9). The summed E-state index contributed by atoms with van der Waals surface area (Å²) in [5.74, 6) is 0.174. The lowest BCUT2D eigenvalue weighted by Crippen LogP contribution is -2.16. The number of aliphatic carboxylic acids is 1. The van der Waals surface area contributed by atoms with Gasteiger partial charge in [0.05, 0.1) is 5.37 Å². The Kier molecular flexibility index (Phi) is 5.43. The van der Waals surface area contributed by atoms with E-state index in [1.165, 1.54) is 0 Å². The van der Waals surface area contributed by atoms with E-state index < -0.39 is 5.97 Å². The fraction of sp³-hybridized carbons (Fsp3) is 0.833.